The molecule has 4 aliphatic carbocycles. The van der Waals surface area contributed by atoms with Crippen LogP contribution in [0.3, 0.4) is 0 Å². The normalized spacial score (nSPS) is 42.6. The van der Waals surface area contributed by atoms with Crippen LogP contribution in [0.2, 0.25) is 0 Å². The molecule has 0 amide bonds. The molecule has 1 saturated heterocycles. The van der Waals surface area contributed by atoms with E-state index in [-0.39, 0.29) is 11.8 Å². The molecule has 1 aromatic carbocycles. The molecule has 0 aromatic heterocycles. The van der Waals surface area contributed by atoms with Gasteiger partial charge in [0.15, 0.2) is 0 Å². The minimum absolute atomic E-state index is 0.0776. The number of methoxy groups -OCH3 is 1. The summed E-state index contributed by atoms with van der Waals surface area (Å²) in [5.41, 5.74) is 2.29. The van der Waals surface area contributed by atoms with Gasteiger partial charge in [-0.2, -0.15) is 0 Å². The molecule has 6 rings (SSSR count). The van der Waals surface area contributed by atoms with Gasteiger partial charge in [0, 0.05) is 19.3 Å². The molecule has 226 valence electrons. The second-order valence-electron chi connectivity index (χ2n) is 14.6. The van der Waals surface area contributed by atoms with Crippen LogP contribution < -0.4 is 0 Å². The van der Waals surface area contributed by atoms with Gasteiger partial charge in [0.1, 0.15) is 11.9 Å². The Bertz CT molecular complexity index is 1130. The van der Waals surface area contributed by atoms with Crippen LogP contribution in [0.15, 0.2) is 30.8 Å². The molecule has 0 radical (unpaired) electrons. The Morgan fingerprint density at radius 3 is 2.51 bits per heavy atom. The van der Waals surface area contributed by atoms with Gasteiger partial charge >= 0.3 is 5.97 Å². The zero-order valence-corrected chi connectivity index (χ0v) is 25.5. The van der Waals surface area contributed by atoms with E-state index < -0.39 is 11.9 Å². The standard InChI is InChI=1S/C35H49FO5/c1-22(6-15-32(37)38-5)28-13-14-29-27-12-9-25-20-35(19-18-33(25,3)30(27)16-17-34(28,29)4)39-21-31(40-41-35)23(2)24-7-10-26(36)11-8-24/h7-8,10-11,22,25,27-31H,2,6,9,12-21H2,1,3-5H3/t22?,25-,27?,28?,29?,30?,31?,33+,34-,35?/m1/s1. The van der Waals surface area contributed by atoms with Gasteiger partial charge in [-0.1, -0.05) is 39.5 Å². The van der Waals surface area contributed by atoms with E-state index in [9.17, 15) is 9.18 Å². The highest BCUT2D eigenvalue weighted by molar-refractivity contribution is 5.69. The van der Waals surface area contributed by atoms with E-state index in [2.05, 4.69) is 27.4 Å². The summed E-state index contributed by atoms with van der Waals surface area (Å²) in [4.78, 5) is 23.8. The van der Waals surface area contributed by atoms with E-state index >= 15 is 0 Å². The van der Waals surface area contributed by atoms with E-state index in [1.807, 2.05) is 0 Å². The minimum Gasteiger partial charge on any atom is -0.469 e. The SMILES string of the molecule is C=C(c1ccc(F)cc1)C1COC2(CC[C@]3(C)C4CC[C@]5(C)C(C(C)CCC(=O)OC)CCC5C4CC[C@@H]3C2)OO1. The predicted octanol–water partition coefficient (Wildman–Crippen LogP) is 8.13. The Morgan fingerprint density at radius 1 is 1.05 bits per heavy atom. The van der Waals surface area contributed by atoms with Crippen LogP contribution in [0, 0.1) is 52.2 Å². The summed E-state index contributed by atoms with van der Waals surface area (Å²) in [7, 11) is 1.49. The molecule has 4 saturated carbocycles. The van der Waals surface area contributed by atoms with Gasteiger partial charge in [-0.3, -0.25) is 4.79 Å². The largest absolute Gasteiger partial charge is 0.469 e. The summed E-state index contributed by atoms with van der Waals surface area (Å²) < 4.78 is 24.8. The molecule has 0 bridgehead atoms. The number of halogens is 1. The van der Waals surface area contributed by atoms with Crippen LogP contribution in [0.5, 0.6) is 0 Å². The number of carbonyl (C=O) groups excluding carboxylic acids is 1. The average Bonchev–Trinajstić information content (AvgIpc) is 3.34. The molecule has 5 nitrogen and oxygen atoms in total. The quantitative estimate of drug-likeness (QED) is 0.256. The number of fused-ring (bicyclic) bond motifs is 5. The van der Waals surface area contributed by atoms with Crippen molar-refractivity contribution in [3.63, 3.8) is 0 Å². The molecule has 5 aliphatic rings. The fourth-order valence-corrected chi connectivity index (χ4v) is 10.5. The third-order valence-electron chi connectivity index (χ3n) is 12.9. The fourth-order valence-electron chi connectivity index (χ4n) is 10.5. The highest BCUT2D eigenvalue weighted by Gasteiger charge is 2.62. The van der Waals surface area contributed by atoms with Gasteiger partial charge in [0.2, 0.25) is 5.79 Å². The highest BCUT2D eigenvalue weighted by atomic mass is 19.1. The van der Waals surface area contributed by atoms with Gasteiger partial charge in [0.05, 0.1) is 13.7 Å². The Hall–Kier alpha value is -1.76. The van der Waals surface area contributed by atoms with Crippen molar-refractivity contribution in [1.82, 2.24) is 0 Å². The minimum atomic E-state index is -0.673. The van der Waals surface area contributed by atoms with Crippen LogP contribution in [0.4, 0.5) is 4.39 Å². The van der Waals surface area contributed by atoms with E-state index in [4.69, 9.17) is 19.2 Å². The number of carbonyl (C=O) groups is 1. The maximum absolute atomic E-state index is 13.4. The summed E-state index contributed by atoms with van der Waals surface area (Å²) in [5.74, 6) is 3.17. The maximum atomic E-state index is 13.4. The number of esters is 1. The summed E-state index contributed by atoms with van der Waals surface area (Å²) >= 11 is 0. The van der Waals surface area contributed by atoms with Gasteiger partial charge in [-0.15, -0.1) is 0 Å². The first-order chi connectivity index (χ1) is 19.6. The number of rotatable bonds is 6. The second kappa shape index (κ2) is 11.1. The Labute approximate surface area is 245 Å². The number of hydrogen-bond acceptors (Lipinski definition) is 5. The van der Waals surface area contributed by atoms with Crippen LogP contribution in [-0.2, 0) is 24.0 Å². The zero-order chi connectivity index (χ0) is 29.0. The molecular weight excluding hydrogens is 519 g/mol. The number of benzene rings is 1. The van der Waals surface area contributed by atoms with Crippen molar-refractivity contribution in [2.24, 2.45) is 46.3 Å². The van der Waals surface area contributed by atoms with Gasteiger partial charge < -0.3 is 9.47 Å². The third kappa shape index (κ3) is 5.10. The summed E-state index contributed by atoms with van der Waals surface area (Å²) in [6.45, 7) is 12.1. The van der Waals surface area contributed by atoms with E-state index in [0.29, 0.717) is 41.6 Å². The molecule has 10 atom stereocenters. The van der Waals surface area contributed by atoms with Crippen molar-refractivity contribution >= 4 is 11.5 Å². The highest BCUT2D eigenvalue weighted by Crippen LogP contribution is 2.69. The smallest absolute Gasteiger partial charge is 0.305 e. The van der Waals surface area contributed by atoms with E-state index in [1.54, 1.807) is 12.1 Å². The van der Waals surface area contributed by atoms with Crippen molar-refractivity contribution in [3.8, 4) is 0 Å². The van der Waals surface area contributed by atoms with E-state index in [0.717, 1.165) is 54.6 Å². The van der Waals surface area contributed by atoms with Gasteiger partial charge in [-0.05, 0) is 121 Å². The first kappa shape index (κ1) is 29.3. The maximum Gasteiger partial charge on any atom is 0.305 e. The fraction of sp³-hybridized carbons (Fsp3) is 0.743. The zero-order valence-electron chi connectivity index (χ0n) is 25.5. The lowest BCUT2D eigenvalue weighted by Crippen LogP contribution is -2.58. The predicted molar refractivity (Wildman–Crippen MR) is 156 cm³/mol. The average molecular weight is 569 g/mol. The molecule has 1 aliphatic heterocycles. The molecule has 41 heavy (non-hydrogen) atoms. The van der Waals surface area contributed by atoms with Crippen molar-refractivity contribution < 1.29 is 28.4 Å². The molecular formula is C35H49FO5. The lowest BCUT2D eigenvalue weighted by molar-refractivity contribution is -0.489. The summed E-state index contributed by atoms with van der Waals surface area (Å²) in [6.07, 6.45) is 11.7. The Kier molecular flexibility index (Phi) is 7.91. The topological polar surface area (TPSA) is 54.0 Å². The van der Waals surface area contributed by atoms with Crippen LogP contribution >= 0.6 is 0 Å². The molecule has 0 N–H and O–H groups in total. The van der Waals surface area contributed by atoms with Crippen LogP contribution in [0.25, 0.3) is 5.57 Å². The Balaban J connectivity index is 1.09. The monoisotopic (exact) mass is 568 g/mol. The summed E-state index contributed by atoms with van der Waals surface area (Å²) in [5, 5.41) is 0. The van der Waals surface area contributed by atoms with Crippen LogP contribution in [0.1, 0.15) is 97.0 Å². The first-order valence-corrected chi connectivity index (χ1v) is 16.1. The molecule has 5 fully saturated rings. The number of hydrogen-bond donors (Lipinski definition) is 0. The van der Waals surface area contributed by atoms with Crippen molar-refractivity contribution in [2.45, 2.75) is 103 Å². The third-order valence-corrected chi connectivity index (χ3v) is 12.9. The lowest BCUT2D eigenvalue weighted by Gasteiger charge is -2.62. The molecule has 6 heteroatoms. The van der Waals surface area contributed by atoms with Gasteiger partial charge in [-0.25, -0.2) is 14.2 Å². The molecule has 1 aromatic rings. The second-order valence-corrected chi connectivity index (χ2v) is 14.6. The molecule has 1 heterocycles. The summed E-state index contributed by atoms with van der Waals surface area (Å²) in [6, 6.07) is 6.33. The molecule has 1 spiro atoms. The van der Waals surface area contributed by atoms with Gasteiger partial charge in [0.25, 0.3) is 0 Å². The first-order valence-electron chi connectivity index (χ1n) is 16.1. The van der Waals surface area contributed by atoms with Crippen molar-refractivity contribution in [3.05, 3.63) is 42.2 Å². The van der Waals surface area contributed by atoms with Crippen LogP contribution in [-0.4, -0.2) is 31.6 Å². The number of ether oxygens (including phenoxy) is 2. The van der Waals surface area contributed by atoms with Crippen molar-refractivity contribution in [1.29, 1.82) is 0 Å². The molecule has 7 unspecified atom stereocenters. The Morgan fingerprint density at radius 2 is 1.80 bits per heavy atom. The lowest BCUT2D eigenvalue weighted by atomic mass is 9.44. The van der Waals surface area contributed by atoms with Crippen molar-refractivity contribution in [2.75, 3.05) is 13.7 Å². The van der Waals surface area contributed by atoms with E-state index in [1.165, 1.54) is 57.8 Å².